The standard InChI is InChI=1S/C17H14BrNO3/c1-19-14-8-7-12(18)9-13(14)17(22,16(19)21)10-15(20)11-5-3-2-4-6-11/h2-9,22H,10H2,1H3/t17-/m1/s1. The highest BCUT2D eigenvalue weighted by molar-refractivity contribution is 9.10. The van der Waals surface area contributed by atoms with Crippen LogP contribution in [-0.2, 0) is 10.4 Å². The molecule has 1 N–H and O–H groups in total. The molecule has 0 aliphatic carbocycles. The Morgan fingerprint density at radius 3 is 2.59 bits per heavy atom. The lowest BCUT2D eigenvalue weighted by molar-refractivity contribution is -0.135. The number of ketones is 1. The van der Waals surface area contributed by atoms with Gasteiger partial charge in [-0.1, -0.05) is 46.3 Å². The van der Waals surface area contributed by atoms with Crippen LogP contribution in [0.3, 0.4) is 0 Å². The summed E-state index contributed by atoms with van der Waals surface area (Å²) in [5.74, 6) is -0.748. The first-order valence-electron chi connectivity index (χ1n) is 6.82. The Bertz CT molecular complexity index is 760. The number of fused-ring (bicyclic) bond motifs is 1. The number of amides is 1. The third-order valence-corrected chi connectivity index (χ3v) is 4.43. The molecule has 5 heteroatoms. The van der Waals surface area contributed by atoms with Crippen molar-refractivity contribution >= 4 is 33.3 Å². The van der Waals surface area contributed by atoms with Crippen LogP contribution >= 0.6 is 15.9 Å². The van der Waals surface area contributed by atoms with E-state index in [0.29, 0.717) is 16.8 Å². The summed E-state index contributed by atoms with van der Waals surface area (Å²) < 4.78 is 0.750. The van der Waals surface area contributed by atoms with Gasteiger partial charge in [0.05, 0.1) is 12.1 Å². The number of hydrogen-bond acceptors (Lipinski definition) is 3. The highest BCUT2D eigenvalue weighted by atomic mass is 79.9. The lowest BCUT2D eigenvalue weighted by atomic mass is 9.88. The fourth-order valence-electron chi connectivity index (χ4n) is 2.76. The second-order valence-electron chi connectivity index (χ2n) is 5.35. The molecule has 1 heterocycles. The molecule has 2 aromatic rings. The van der Waals surface area contributed by atoms with Gasteiger partial charge in [-0.2, -0.15) is 0 Å². The molecule has 4 nitrogen and oxygen atoms in total. The van der Waals surface area contributed by atoms with Crippen LogP contribution in [0.2, 0.25) is 0 Å². The van der Waals surface area contributed by atoms with Gasteiger partial charge in [0.2, 0.25) is 0 Å². The van der Waals surface area contributed by atoms with Crippen LogP contribution in [-0.4, -0.2) is 23.8 Å². The van der Waals surface area contributed by atoms with E-state index in [2.05, 4.69) is 15.9 Å². The van der Waals surface area contributed by atoms with Crippen LogP contribution < -0.4 is 4.90 Å². The summed E-state index contributed by atoms with van der Waals surface area (Å²) in [6.07, 6.45) is -0.274. The first kappa shape index (κ1) is 14.9. The van der Waals surface area contributed by atoms with Gasteiger partial charge >= 0.3 is 0 Å². The zero-order valence-corrected chi connectivity index (χ0v) is 13.5. The number of likely N-dealkylation sites (N-methyl/N-ethyl adjacent to an activating group) is 1. The molecule has 2 aromatic carbocycles. The van der Waals surface area contributed by atoms with Crippen LogP contribution in [0.1, 0.15) is 22.3 Å². The Morgan fingerprint density at radius 1 is 1.23 bits per heavy atom. The summed E-state index contributed by atoms with van der Waals surface area (Å²) in [7, 11) is 1.60. The fourth-order valence-corrected chi connectivity index (χ4v) is 3.12. The van der Waals surface area contributed by atoms with E-state index in [4.69, 9.17) is 0 Å². The molecular weight excluding hydrogens is 346 g/mol. The largest absolute Gasteiger partial charge is 0.375 e. The van der Waals surface area contributed by atoms with Crippen molar-refractivity contribution in [1.82, 2.24) is 0 Å². The molecular formula is C17H14BrNO3. The summed E-state index contributed by atoms with van der Waals surface area (Å²) in [6, 6.07) is 13.9. The van der Waals surface area contributed by atoms with Crippen molar-refractivity contribution in [3.05, 3.63) is 64.1 Å². The minimum atomic E-state index is -1.82. The monoisotopic (exact) mass is 359 g/mol. The summed E-state index contributed by atoms with van der Waals surface area (Å²) in [5.41, 5.74) is -0.258. The Morgan fingerprint density at radius 2 is 1.91 bits per heavy atom. The number of hydrogen-bond donors (Lipinski definition) is 1. The highest BCUT2D eigenvalue weighted by Gasteiger charge is 2.49. The van der Waals surface area contributed by atoms with E-state index in [0.717, 1.165) is 4.47 Å². The van der Waals surface area contributed by atoms with E-state index in [-0.39, 0.29) is 12.2 Å². The van der Waals surface area contributed by atoms with Gasteiger partial charge in [0.1, 0.15) is 0 Å². The van der Waals surface area contributed by atoms with E-state index in [1.54, 1.807) is 49.5 Å². The molecule has 1 aliphatic rings. The van der Waals surface area contributed by atoms with Crippen molar-refractivity contribution in [1.29, 1.82) is 0 Å². The lowest BCUT2D eigenvalue weighted by Crippen LogP contribution is -2.40. The second kappa shape index (κ2) is 5.34. The Hall–Kier alpha value is -1.98. The summed E-state index contributed by atoms with van der Waals surface area (Å²) in [4.78, 5) is 26.3. The van der Waals surface area contributed by atoms with Crippen LogP contribution in [0, 0.1) is 0 Å². The van der Waals surface area contributed by atoms with Gasteiger partial charge < -0.3 is 10.0 Å². The van der Waals surface area contributed by atoms with Gasteiger partial charge in [0.25, 0.3) is 5.91 Å². The molecule has 0 saturated carbocycles. The van der Waals surface area contributed by atoms with Crippen LogP contribution in [0.15, 0.2) is 53.0 Å². The SMILES string of the molecule is CN1C(=O)[C@@](O)(CC(=O)c2ccccc2)c2cc(Br)ccc21. The van der Waals surface area contributed by atoms with Gasteiger partial charge in [-0.3, -0.25) is 9.59 Å². The molecule has 0 fully saturated rings. The molecule has 0 saturated heterocycles. The second-order valence-corrected chi connectivity index (χ2v) is 6.27. The highest BCUT2D eigenvalue weighted by Crippen LogP contribution is 2.43. The Balaban J connectivity index is 2.01. The van der Waals surface area contributed by atoms with Crippen molar-refractivity contribution in [3.8, 4) is 0 Å². The van der Waals surface area contributed by atoms with Crippen molar-refractivity contribution in [2.45, 2.75) is 12.0 Å². The van der Waals surface area contributed by atoms with Gasteiger partial charge in [-0.05, 0) is 18.2 Å². The van der Waals surface area contributed by atoms with Gasteiger partial charge in [-0.25, -0.2) is 0 Å². The summed E-state index contributed by atoms with van der Waals surface area (Å²) >= 11 is 3.34. The lowest BCUT2D eigenvalue weighted by Gasteiger charge is -2.21. The topological polar surface area (TPSA) is 57.6 Å². The van der Waals surface area contributed by atoms with Crippen molar-refractivity contribution in [3.63, 3.8) is 0 Å². The molecule has 0 radical (unpaired) electrons. The number of carbonyl (C=O) groups is 2. The van der Waals surface area contributed by atoms with Crippen molar-refractivity contribution in [2.75, 3.05) is 11.9 Å². The predicted molar refractivity (Wildman–Crippen MR) is 86.8 cm³/mol. The Kier molecular flexibility index (Phi) is 3.62. The molecule has 112 valence electrons. The normalized spacial score (nSPS) is 20.1. The summed E-state index contributed by atoms with van der Waals surface area (Å²) in [6.45, 7) is 0. The van der Waals surface area contributed by atoms with E-state index in [9.17, 15) is 14.7 Å². The number of carbonyl (C=O) groups excluding carboxylic acids is 2. The number of Topliss-reactive ketones (excluding diaryl/α,β-unsaturated/α-hetero) is 1. The molecule has 22 heavy (non-hydrogen) atoms. The smallest absolute Gasteiger partial charge is 0.263 e. The van der Waals surface area contributed by atoms with Crippen LogP contribution in [0.4, 0.5) is 5.69 Å². The van der Waals surface area contributed by atoms with Crippen molar-refractivity contribution in [2.24, 2.45) is 0 Å². The van der Waals surface area contributed by atoms with E-state index >= 15 is 0 Å². The maximum Gasteiger partial charge on any atom is 0.263 e. The molecule has 0 spiro atoms. The number of halogens is 1. The third-order valence-electron chi connectivity index (χ3n) is 3.94. The minimum Gasteiger partial charge on any atom is -0.375 e. The first-order valence-corrected chi connectivity index (χ1v) is 7.61. The summed E-state index contributed by atoms with van der Waals surface area (Å²) in [5, 5.41) is 10.9. The van der Waals surface area contributed by atoms with Crippen molar-refractivity contribution < 1.29 is 14.7 Å². The molecule has 1 aliphatic heterocycles. The molecule has 0 aromatic heterocycles. The maximum absolute atomic E-state index is 12.5. The van der Waals surface area contributed by atoms with E-state index in [1.807, 2.05) is 6.07 Å². The number of nitrogens with zero attached hydrogens (tertiary/aromatic N) is 1. The molecule has 1 amide bonds. The zero-order chi connectivity index (χ0) is 15.9. The van der Waals surface area contributed by atoms with E-state index in [1.165, 1.54) is 4.90 Å². The third kappa shape index (κ3) is 2.26. The Labute approximate surface area is 136 Å². The maximum atomic E-state index is 12.5. The average molecular weight is 360 g/mol. The predicted octanol–water partition coefficient (Wildman–Crippen LogP) is 2.89. The fraction of sp³-hybridized carbons (Fsp3) is 0.176. The minimum absolute atomic E-state index is 0.266. The van der Waals surface area contributed by atoms with Gasteiger partial charge in [0.15, 0.2) is 11.4 Å². The number of rotatable bonds is 3. The zero-order valence-electron chi connectivity index (χ0n) is 11.9. The van der Waals surface area contributed by atoms with E-state index < -0.39 is 11.5 Å². The van der Waals surface area contributed by atoms with Crippen LogP contribution in [0.25, 0.3) is 0 Å². The molecule has 0 bridgehead atoms. The van der Waals surface area contributed by atoms with Gasteiger partial charge in [0, 0.05) is 22.6 Å². The first-order chi connectivity index (χ1) is 10.4. The average Bonchev–Trinajstić information content (AvgIpc) is 2.70. The number of benzene rings is 2. The molecule has 1 atom stereocenters. The molecule has 0 unspecified atom stereocenters. The van der Waals surface area contributed by atoms with Crippen LogP contribution in [0.5, 0.6) is 0 Å². The molecule has 3 rings (SSSR count). The number of aliphatic hydroxyl groups is 1. The quantitative estimate of drug-likeness (QED) is 0.857. The van der Waals surface area contributed by atoms with Gasteiger partial charge in [-0.15, -0.1) is 0 Å². The number of anilines is 1.